The van der Waals surface area contributed by atoms with Crippen molar-refractivity contribution in [3.05, 3.63) is 22.4 Å². The molecule has 0 spiro atoms. The third kappa shape index (κ3) is 2.61. The van der Waals surface area contributed by atoms with E-state index in [-0.39, 0.29) is 12.0 Å². The predicted octanol–water partition coefficient (Wildman–Crippen LogP) is 1.12. The van der Waals surface area contributed by atoms with Gasteiger partial charge >= 0.3 is 5.97 Å². The first kappa shape index (κ1) is 11.6. The van der Waals surface area contributed by atoms with E-state index < -0.39 is 0 Å². The molecule has 4 nitrogen and oxygen atoms in total. The Morgan fingerprint density at radius 1 is 1.75 bits per heavy atom. The lowest BCUT2D eigenvalue weighted by Crippen LogP contribution is -2.49. The van der Waals surface area contributed by atoms with Crippen molar-refractivity contribution >= 4 is 17.3 Å². The minimum atomic E-state index is -0.265. The lowest BCUT2D eigenvalue weighted by Gasteiger charge is -2.33. The number of methoxy groups -OCH3 is 1. The van der Waals surface area contributed by atoms with E-state index in [1.165, 1.54) is 12.7 Å². The topological polar surface area (TPSA) is 38.8 Å². The molecule has 1 atom stereocenters. The molecule has 1 saturated heterocycles. The Bertz CT molecular complexity index is 339. The standard InChI is InChI=1S/C11H15NO3S/c1-14-11(13)10-7-15-4-3-12(10)6-9-2-5-16-8-9/h2,5,8,10H,3-4,6-7H2,1H3. The van der Waals surface area contributed by atoms with E-state index in [2.05, 4.69) is 16.3 Å². The van der Waals surface area contributed by atoms with Crippen LogP contribution in [-0.2, 0) is 20.8 Å². The van der Waals surface area contributed by atoms with Crippen LogP contribution >= 0.6 is 11.3 Å². The number of thiophene rings is 1. The van der Waals surface area contributed by atoms with Gasteiger partial charge in [-0.25, -0.2) is 0 Å². The summed E-state index contributed by atoms with van der Waals surface area (Å²) in [6, 6.07) is 1.81. The summed E-state index contributed by atoms with van der Waals surface area (Å²) >= 11 is 1.67. The van der Waals surface area contributed by atoms with Gasteiger partial charge in [0, 0.05) is 13.1 Å². The molecule has 1 aliphatic rings. The molecule has 2 rings (SSSR count). The minimum absolute atomic E-state index is 0.213. The molecule has 88 valence electrons. The first-order valence-electron chi connectivity index (χ1n) is 5.22. The summed E-state index contributed by atoms with van der Waals surface area (Å²) in [5.41, 5.74) is 1.24. The normalized spacial score (nSPS) is 21.9. The van der Waals surface area contributed by atoms with Crippen LogP contribution in [0.3, 0.4) is 0 Å². The second-order valence-electron chi connectivity index (χ2n) is 3.72. The molecule has 1 fully saturated rings. The molecule has 1 aromatic rings. The highest BCUT2D eigenvalue weighted by molar-refractivity contribution is 7.07. The number of esters is 1. The number of hydrogen-bond acceptors (Lipinski definition) is 5. The molecule has 1 aliphatic heterocycles. The monoisotopic (exact) mass is 241 g/mol. The zero-order valence-electron chi connectivity index (χ0n) is 9.22. The van der Waals surface area contributed by atoms with Gasteiger partial charge in [-0.15, -0.1) is 0 Å². The third-order valence-corrected chi connectivity index (χ3v) is 3.41. The summed E-state index contributed by atoms with van der Waals surface area (Å²) in [5, 5.41) is 4.15. The first-order chi connectivity index (χ1) is 7.81. The molecule has 0 amide bonds. The van der Waals surface area contributed by atoms with Gasteiger partial charge in [0.25, 0.3) is 0 Å². The van der Waals surface area contributed by atoms with Gasteiger partial charge in [0.1, 0.15) is 6.04 Å². The van der Waals surface area contributed by atoms with E-state index >= 15 is 0 Å². The summed E-state index contributed by atoms with van der Waals surface area (Å²) in [4.78, 5) is 13.7. The van der Waals surface area contributed by atoms with Crippen molar-refractivity contribution in [3.8, 4) is 0 Å². The fraction of sp³-hybridized carbons (Fsp3) is 0.545. The van der Waals surface area contributed by atoms with Crippen molar-refractivity contribution < 1.29 is 14.3 Å². The molecule has 0 aromatic carbocycles. The fourth-order valence-corrected chi connectivity index (χ4v) is 2.46. The number of hydrogen-bond donors (Lipinski definition) is 0. The molecule has 0 aliphatic carbocycles. The van der Waals surface area contributed by atoms with Gasteiger partial charge < -0.3 is 9.47 Å². The second-order valence-corrected chi connectivity index (χ2v) is 4.50. The van der Waals surface area contributed by atoms with Crippen LogP contribution in [0.4, 0.5) is 0 Å². The average molecular weight is 241 g/mol. The quantitative estimate of drug-likeness (QED) is 0.743. The summed E-state index contributed by atoms with van der Waals surface area (Å²) in [6.07, 6.45) is 0. The maximum absolute atomic E-state index is 11.6. The van der Waals surface area contributed by atoms with Gasteiger partial charge in [0.15, 0.2) is 0 Å². The first-order valence-corrected chi connectivity index (χ1v) is 6.16. The highest BCUT2D eigenvalue weighted by atomic mass is 32.1. The summed E-state index contributed by atoms with van der Waals surface area (Å²) in [7, 11) is 1.42. The van der Waals surface area contributed by atoms with Crippen LogP contribution in [-0.4, -0.2) is 43.8 Å². The zero-order chi connectivity index (χ0) is 11.4. The molecular weight excluding hydrogens is 226 g/mol. The van der Waals surface area contributed by atoms with Crippen LogP contribution in [0.25, 0.3) is 0 Å². The van der Waals surface area contributed by atoms with Gasteiger partial charge in [0.05, 0.1) is 20.3 Å². The molecule has 0 bridgehead atoms. The van der Waals surface area contributed by atoms with Crippen molar-refractivity contribution in [1.82, 2.24) is 4.90 Å². The fourth-order valence-electron chi connectivity index (χ4n) is 1.80. The molecule has 5 heteroatoms. The molecule has 1 aromatic heterocycles. The smallest absolute Gasteiger partial charge is 0.325 e. The molecule has 0 saturated carbocycles. The molecule has 0 radical (unpaired) electrons. The highest BCUT2D eigenvalue weighted by Crippen LogP contribution is 2.15. The van der Waals surface area contributed by atoms with E-state index in [0.717, 1.165) is 13.1 Å². The van der Waals surface area contributed by atoms with Crippen molar-refractivity contribution in [1.29, 1.82) is 0 Å². The van der Waals surface area contributed by atoms with Crippen molar-refractivity contribution in [2.45, 2.75) is 12.6 Å². The number of carbonyl (C=O) groups is 1. The molecule has 1 unspecified atom stereocenters. The Hall–Kier alpha value is -0.910. The number of morpholine rings is 1. The largest absolute Gasteiger partial charge is 0.468 e. The molecule has 16 heavy (non-hydrogen) atoms. The van der Waals surface area contributed by atoms with Gasteiger partial charge in [0.2, 0.25) is 0 Å². The van der Waals surface area contributed by atoms with Gasteiger partial charge in [-0.3, -0.25) is 9.69 Å². The van der Waals surface area contributed by atoms with Crippen LogP contribution in [0.2, 0.25) is 0 Å². The summed E-state index contributed by atoms with van der Waals surface area (Å²) in [5.74, 6) is -0.213. The Labute approximate surface area is 98.8 Å². The SMILES string of the molecule is COC(=O)C1COCCN1Cc1ccsc1. The van der Waals surface area contributed by atoms with E-state index in [9.17, 15) is 4.79 Å². The van der Waals surface area contributed by atoms with Crippen LogP contribution in [0.15, 0.2) is 16.8 Å². The van der Waals surface area contributed by atoms with Crippen molar-refractivity contribution in [3.63, 3.8) is 0 Å². The highest BCUT2D eigenvalue weighted by Gasteiger charge is 2.30. The Balaban J connectivity index is 2.02. The zero-order valence-corrected chi connectivity index (χ0v) is 10.0. The second kappa shape index (κ2) is 5.43. The Morgan fingerprint density at radius 3 is 3.31 bits per heavy atom. The molecule has 2 heterocycles. The number of rotatable bonds is 3. The van der Waals surface area contributed by atoms with E-state index in [1.54, 1.807) is 11.3 Å². The minimum Gasteiger partial charge on any atom is -0.468 e. The Kier molecular flexibility index (Phi) is 3.93. The molecular formula is C11H15NO3S. The number of ether oxygens (including phenoxy) is 2. The lowest BCUT2D eigenvalue weighted by molar-refractivity contribution is -0.153. The van der Waals surface area contributed by atoms with Gasteiger partial charge in [-0.2, -0.15) is 11.3 Å². The van der Waals surface area contributed by atoms with Crippen molar-refractivity contribution in [2.75, 3.05) is 26.9 Å². The number of nitrogens with zero attached hydrogens (tertiary/aromatic N) is 1. The van der Waals surface area contributed by atoms with Crippen LogP contribution in [0.5, 0.6) is 0 Å². The van der Waals surface area contributed by atoms with E-state index in [1.807, 2.05) is 5.38 Å². The average Bonchev–Trinajstić information content (AvgIpc) is 2.82. The maximum Gasteiger partial charge on any atom is 0.325 e. The van der Waals surface area contributed by atoms with Crippen molar-refractivity contribution in [2.24, 2.45) is 0 Å². The van der Waals surface area contributed by atoms with Gasteiger partial charge in [-0.1, -0.05) is 0 Å². The predicted molar refractivity (Wildman–Crippen MR) is 61.4 cm³/mol. The third-order valence-electron chi connectivity index (χ3n) is 2.68. The lowest BCUT2D eigenvalue weighted by atomic mass is 10.2. The van der Waals surface area contributed by atoms with Gasteiger partial charge in [-0.05, 0) is 22.4 Å². The maximum atomic E-state index is 11.6. The number of carbonyl (C=O) groups excluding carboxylic acids is 1. The summed E-state index contributed by atoms with van der Waals surface area (Å²) < 4.78 is 10.1. The summed E-state index contributed by atoms with van der Waals surface area (Å²) in [6.45, 7) is 2.66. The molecule has 0 N–H and O–H groups in total. The van der Waals surface area contributed by atoms with Crippen LogP contribution in [0.1, 0.15) is 5.56 Å². The van der Waals surface area contributed by atoms with Crippen LogP contribution in [0, 0.1) is 0 Å². The van der Waals surface area contributed by atoms with Crippen LogP contribution < -0.4 is 0 Å². The Morgan fingerprint density at radius 2 is 2.62 bits per heavy atom. The van der Waals surface area contributed by atoms with E-state index in [0.29, 0.717) is 13.2 Å². The van der Waals surface area contributed by atoms with E-state index in [4.69, 9.17) is 9.47 Å².